The Kier molecular flexibility index (Phi) is 12.6. The zero-order chi connectivity index (χ0) is 29.8. The fourth-order valence-electron chi connectivity index (χ4n) is 4.61. The molecule has 3 N–H and O–H groups in total. The van der Waals surface area contributed by atoms with Crippen LogP contribution in [0.2, 0.25) is 0 Å². The molecular weight excluding hydrogens is 557 g/mol. The molecule has 0 aliphatic heterocycles. The van der Waals surface area contributed by atoms with Gasteiger partial charge >= 0.3 is 11.0 Å². The number of likely N-dealkylation sites (N-methyl/N-ethyl adjacent to an activating group) is 1. The Morgan fingerprint density at radius 2 is 1.76 bits per heavy atom. The molecule has 0 spiro atoms. The summed E-state index contributed by atoms with van der Waals surface area (Å²) in [5.41, 5.74) is 0.931. The van der Waals surface area contributed by atoms with Crippen LogP contribution in [0.4, 0.5) is 13.2 Å². The van der Waals surface area contributed by atoms with Crippen LogP contribution in [0, 0.1) is 0 Å². The van der Waals surface area contributed by atoms with E-state index in [-0.39, 0.29) is 48.1 Å². The van der Waals surface area contributed by atoms with Gasteiger partial charge < -0.3 is 29.9 Å². The van der Waals surface area contributed by atoms with E-state index in [1.54, 1.807) is 17.0 Å². The Bertz CT molecular complexity index is 1310. The van der Waals surface area contributed by atoms with Crippen molar-refractivity contribution in [2.24, 2.45) is 0 Å². The van der Waals surface area contributed by atoms with E-state index in [9.17, 15) is 27.9 Å². The predicted octanol–water partition coefficient (Wildman–Crippen LogP) is 4.27. The van der Waals surface area contributed by atoms with Gasteiger partial charge in [0.2, 0.25) is 5.91 Å². The second-order valence-electron chi connectivity index (χ2n) is 9.64. The lowest BCUT2D eigenvalue weighted by atomic mass is 10.0. The maximum absolute atomic E-state index is 13.2. The summed E-state index contributed by atoms with van der Waals surface area (Å²) in [6.07, 6.45) is -3.49. The molecule has 41 heavy (non-hydrogen) atoms. The molecule has 1 amide bonds. The fraction of sp³-hybridized carbons (Fsp3) is 0.517. The number of rotatable bonds is 17. The van der Waals surface area contributed by atoms with Crippen LogP contribution in [0.3, 0.4) is 0 Å². The van der Waals surface area contributed by atoms with Crippen LogP contribution in [0.15, 0.2) is 41.2 Å². The van der Waals surface area contributed by atoms with Crippen LogP contribution >= 0.6 is 11.3 Å². The molecule has 3 aromatic rings. The Morgan fingerprint density at radius 3 is 2.49 bits per heavy atom. The number of H-pyrrole nitrogens is 1. The third-order valence-electron chi connectivity index (χ3n) is 7.00. The monoisotopic (exact) mass is 596 g/mol. The number of fused-ring (bicyclic) bond motifs is 1. The second kappa shape index (κ2) is 15.9. The molecular formula is C29H39F3N4O4S. The van der Waals surface area contributed by atoms with Gasteiger partial charge in [0, 0.05) is 26.2 Å². The number of carbonyl (C=O) groups is 1. The standard InChI is InChI=1S/C29H39F3N4O4S/c1-3-35(4-2)17-18-36(16-15-33-14-11-22-9-10-24(37)26-27(22)41-28(39)34-26)25(38)13-20-40-19-12-21-7-5-6-8-23(21)29(30,31)32/h5-10,33,37H,3-4,11-20H2,1-2H3,(H,34,39). The lowest BCUT2D eigenvalue weighted by molar-refractivity contribution is -0.138. The molecule has 0 atom stereocenters. The van der Waals surface area contributed by atoms with Crippen molar-refractivity contribution < 1.29 is 27.8 Å². The van der Waals surface area contributed by atoms with E-state index in [4.69, 9.17) is 4.74 Å². The highest BCUT2D eigenvalue weighted by Gasteiger charge is 2.32. The number of phenolic OH excluding ortho intramolecular Hbond substituents is 1. The maximum Gasteiger partial charge on any atom is 0.416 e. The minimum atomic E-state index is -4.41. The number of hydrogen-bond acceptors (Lipinski definition) is 7. The number of aromatic nitrogens is 1. The van der Waals surface area contributed by atoms with Crippen LogP contribution in [0.25, 0.3) is 10.2 Å². The number of carbonyl (C=O) groups excluding carboxylic acids is 1. The van der Waals surface area contributed by atoms with Gasteiger partial charge in [-0.05, 0) is 55.7 Å². The topological polar surface area (TPSA) is 97.9 Å². The predicted molar refractivity (Wildman–Crippen MR) is 156 cm³/mol. The van der Waals surface area contributed by atoms with Crippen molar-refractivity contribution in [2.75, 3.05) is 59.0 Å². The normalized spacial score (nSPS) is 12.0. The average Bonchev–Trinajstić information content (AvgIpc) is 3.35. The highest BCUT2D eigenvalue weighted by atomic mass is 32.1. The second-order valence-corrected chi connectivity index (χ2v) is 10.6. The molecule has 0 saturated carbocycles. The number of alkyl halides is 3. The molecule has 3 rings (SSSR count). The number of ether oxygens (including phenoxy) is 1. The molecule has 0 fully saturated rings. The summed E-state index contributed by atoms with van der Waals surface area (Å²) in [5, 5.41) is 13.3. The minimum Gasteiger partial charge on any atom is -0.506 e. The molecule has 0 bridgehead atoms. The van der Waals surface area contributed by atoms with E-state index in [1.807, 2.05) is 6.07 Å². The number of benzene rings is 2. The van der Waals surface area contributed by atoms with Crippen LogP contribution < -0.4 is 10.2 Å². The van der Waals surface area contributed by atoms with Crippen molar-refractivity contribution in [3.05, 3.63) is 62.8 Å². The summed E-state index contributed by atoms with van der Waals surface area (Å²) >= 11 is 1.07. The molecule has 0 unspecified atom stereocenters. The van der Waals surface area contributed by atoms with Crippen molar-refractivity contribution in [2.45, 2.75) is 39.3 Å². The first-order valence-corrected chi connectivity index (χ1v) is 14.7. The SMILES string of the molecule is CCN(CC)CCN(CCNCCc1ccc(O)c2[nH]c(=O)sc12)C(=O)CCOCCc1ccccc1C(F)(F)F. The van der Waals surface area contributed by atoms with Crippen LogP contribution in [-0.2, 0) is 28.5 Å². The molecule has 226 valence electrons. The zero-order valence-corrected chi connectivity index (χ0v) is 24.4. The summed E-state index contributed by atoms with van der Waals surface area (Å²) in [6.45, 7) is 9.16. The molecule has 1 aromatic heterocycles. The number of amides is 1. The minimum absolute atomic E-state index is 0.0486. The first-order chi connectivity index (χ1) is 19.6. The van der Waals surface area contributed by atoms with E-state index < -0.39 is 11.7 Å². The van der Waals surface area contributed by atoms with Gasteiger partial charge in [-0.25, -0.2) is 0 Å². The van der Waals surface area contributed by atoms with Gasteiger partial charge in [-0.2, -0.15) is 13.2 Å². The Balaban J connectivity index is 1.46. The van der Waals surface area contributed by atoms with Gasteiger partial charge in [-0.15, -0.1) is 0 Å². The van der Waals surface area contributed by atoms with E-state index in [0.29, 0.717) is 38.1 Å². The molecule has 0 aliphatic rings. The third-order valence-corrected chi connectivity index (χ3v) is 7.96. The lowest BCUT2D eigenvalue weighted by Crippen LogP contribution is -2.42. The van der Waals surface area contributed by atoms with E-state index in [2.05, 4.69) is 29.0 Å². The molecule has 1 heterocycles. The van der Waals surface area contributed by atoms with Gasteiger partial charge in [0.05, 0.1) is 29.9 Å². The highest BCUT2D eigenvalue weighted by molar-refractivity contribution is 7.16. The van der Waals surface area contributed by atoms with E-state index in [1.165, 1.54) is 12.1 Å². The van der Waals surface area contributed by atoms with Crippen molar-refractivity contribution in [3.63, 3.8) is 0 Å². The Morgan fingerprint density at radius 1 is 1.00 bits per heavy atom. The van der Waals surface area contributed by atoms with Crippen LogP contribution in [0.1, 0.15) is 37.0 Å². The summed E-state index contributed by atoms with van der Waals surface area (Å²) in [5.74, 6) is -0.0143. The van der Waals surface area contributed by atoms with Gasteiger partial charge in [0.1, 0.15) is 11.3 Å². The van der Waals surface area contributed by atoms with Crippen molar-refractivity contribution in [3.8, 4) is 5.75 Å². The number of aromatic hydroxyl groups is 1. The van der Waals surface area contributed by atoms with Crippen LogP contribution in [0.5, 0.6) is 5.75 Å². The number of phenols is 1. The third kappa shape index (κ3) is 9.84. The largest absolute Gasteiger partial charge is 0.506 e. The molecule has 0 aliphatic carbocycles. The zero-order valence-electron chi connectivity index (χ0n) is 23.6. The number of nitrogens with zero attached hydrogens (tertiary/aromatic N) is 2. The summed E-state index contributed by atoms with van der Waals surface area (Å²) in [7, 11) is 0. The molecule has 12 heteroatoms. The summed E-state index contributed by atoms with van der Waals surface area (Å²) in [6, 6.07) is 8.84. The molecule has 0 saturated heterocycles. The van der Waals surface area contributed by atoms with Gasteiger partial charge in [0.15, 0.2) is 0 Å². The van der Waals surface area contributed by atoms with Crippen LogP contribution in [-0.4, -0.2) is 84.8 Å². The van der Waals surface area contributed by atoms with Crippen molar-refractivity contribution in [1.29, 1.82) is 0 Å². The van der Waals surface area contributed by atoms with Gasteiger partial charge in [0.25, 0.3) is 0 Å². The molecule has 0 radical (unpaired) electrons. The highest BCUT2D eigenvalue weighted by Crippen LogP contribution is 2.32. The Hall–Kier alpha value is -2.93. The number of thiazole rings is 1. The first-order valence-electron chi connectivity index (χ1n) is 13.9. The lowest BCUT2D eigenvalue weighted by Gasteiger charge is -2.27. The quantitative estimate of drug-likeness (QED) is 0.202. The fourth-order valence-corrected chi connectivity index (χ4v) is 5.51. The van der Waals surface area contributed by atoms with Crippen molar-refractivity contribution >= 4 is 27.5 Å². The number of halogens is 3. The summed E-state index contributed by atoms with van der Waals surface area (Å²) < 4.78 is 45.9. The molecule has 2 aromatic carbocycles. The van der Waals surface area contributed by atoms with Gasteiger partial charge in [-0.3, -0.25) is 9.59 Å². The summed E-state index contributed by atoms with van der Waals surface area (Å²) in [4.78, 5) is 31.2. The average molecular weight is 597 g/mol. The smallest absolute Gasteiger partial charge is 0.416 e. The number of nitrogens with one attached hydrogen (secondary N) is 2. The van der Waals surface area contributed by atoms with Crippen molar-refractivity contribution in [1.82, 2.24) is 20.1 Å². The van der Waals surface area contributed by atoms with E-state index >= 15 is 0 Å². The maximum atomic E-state index is 13.2. The number of hydrogen-bond donors (Lipinski definition) is 3. The van der Waals surface area contributed by atoms with Gasteiger partial charge in [-0.1, -0.05) is 49.4 Å². The van der Waals surface area contributed by atoms with E-state index in [0.717, 1.165) is 47.3 Å². The Labute approximate surface area is 242 Å². The number of aromatic amines is 1. The molecule has 8 nitrogen and oxygen atoms in total. The first kappa shape index (κ1) is 32.6.